The lowest BCUT2D eigenvalue weighted by atomic mass is 10.1. The van der Waals surface area contributed by atoms with E-state index in [1.807, 2.05) is 42.5 Å². The van der Waals surface area contributed by atoms with Crippen molar-refractivity contribution in [3.63, 3.8) is 0 Å². The zero-order valence-electron chi connectivity index (χ0n) is 17.4. The summed E-state index contributed by atoms with van der Waals surface area (Å²) < 4.78 is 7.53. The molecule has 150 valence electrons. The normalized spacial score (nSPS) is 9.97. The van der Waals surface area contributed by atoms with Crippen LogP contribution in [0.4, 0.5) is 0 Å². The van der Waals surface area contributed by atoms with E-state index in [9.17, 15) is 4.79 Å². The lowest BCUT2D eigenvalue weighted by Gasteiger charge is -2.02. The van der Waals surface area contributed by atoms with E-state index in [-0.39, 0.29) is 12.5 Å². The summed E-state index contributed by atoms with van der Waals surface area (Å²) in [6, 6.07) is 22.4. The Labute approximate surface area is 178 Å². The molecule has 0 fully saturated rings. The molecule has 0 amide bonds. The molecule has 3 nitrogen and oxygen atoms in total. The molecule has 0 aromatic heterocycles. The molecule has 0 heterocycles. The maximum atomic E-state index is 11.0. The van der Waals surface area contributed by atoms with Gasteiger partial charge >= 0.3 is 5.97 Å². The number of methoxy groups -OCH3 is 1. The number of rotatable bonds is 4. The van der Waals surface area contributed by atoms with Gasteiger partial charge in [0.25, 0.3) is 0 Å². The average Bonchev–Trinajstić information content (AvgIpc) is 2.72. The predicted molar refractivity (Wildman–Crippen MR) is 123 cm³/mol. The number of benzene rings is 3. The van der Waals surface area contributed by atoms with E-state index in [0.29, 0.717) is 0 Å². The van der Waals surface area contributed by atoms with Gasteiger partial charge in [0.1, 0.15) is 6.54 Å². The quantitative estimate of drug-likeness (QED) is 0.345. The van der Waals surface area contributed by atoms with Crippen molar-refractivity contribution >= 4 is 28.7 Å². The highest BCUT2D eigenvalue weighted by molar-refractivity contribution is 7.97. The van der Waals surface area contributed by atoms with Crippen LogP contribution < -0.4 is 4.72 Å². The number of ether oxygens (including phenoxy) is 1. The molecule has 29 heavy (non-hydrogen) atoms. The molecule has 1 N–H and O–H groups in total. The molecular weight excluding hydrogens is 378 g/mol. The smallest absolute Gasteiger partial charge is 0.320 e. The molecule has 0 radical (unpaired) electrons. The van der Waals surface area contributed by atoms with E-state index in [0.717, 1.165) is 21.9 Å². The minimum atomic E-state index is -0.287. The van der Waals surface area contributed by atoms with E-state index in [4.69, 9.17) is 0 Å². The second-order valence-electron chi connectivity index (χ2n) is 7.07. The van der Waals surface area contributed by atoms with Crippen LogP contribution in [0.15, 0.2) is 71.6 Å². The van der Waals surface area contributed by atoms with Crippen LogP contribution in [0.5, 0.6) is 0 Å². The van der Waals surface area contributed by atoms with Crippen molar-refractivity contribution in [2.45, 2.75) is 25.7 Å². The second kappa shape index (κ2) is 12.0. The highest BCUT2D eigenvalue weighted by Gasteiger charge is 2.00. The second-order valence-corrected chi connectivity index (χ2v) is 8.03. The van der Waals surface area contributed by atoms with Gasteiger partial charge in [0.2, 0.25) is 0 Å². The molecule has 0 unspecified atom stereocenters. The predicted octanol–water partition coefficient (Wildman–Crippen LogP) is 5.67. The Hall–Kier alpha value is -2.74. The summed E-state index contributed by atoms with van der Waals surface area (Å²) in [6.45, 7) is 6.67. The van der Waals surface area contributed by atoms with Crippen molar-refractivity contribution in [1.29, 1.82) is 0 Å². The Bertz CT molecular complexity index is 982. The van der Waals surface area contributed by atoms with E-state index >= 15 is 0 Å². The molecule has 0 aliphatic carbocycles. The molecular formula is C25H27NO2S. The Morgan fingerprint density at radius 1 is 0.931 bits per heavy atom. The minimum absolute atomic E-state index is 0.171. The third-order valence-corrected chi connectivity index (χ3v) is 4.39. The third-order valence-electron chi connectivity index (χ3n) is 3.59. The van der Waals surface area contributed by atoms with Gasteiger partial charge in [0.15, 0.2) is 0 Å². The lowest BCUT2D eigenvalue weighted by molar-refractivity contribution is -0.139. The SMILES string of the molecule is CC(C)C.COC(=O)CNSc1ccc(C#Cc2ccc3ccccc3c2)cc1. The van der Waals surface area contributed by atoms with Crippen LogP contribution in [-0.2, 0) is 9.53 Å². The van der Waals surface area contributed by atoms with Crippen LogP contribution in [0.3, 0.4) is 0 Å². The van der Waals surface area contributed by atoms with Crippen LogP contribution in [-0.4, -0.2) is 19.6 Å². The zero-order chi connectivity index (χ0) is 21.1. The molecule has 3 aromatic carbocycles. The maximum Gasteiger partial charge on any atom is 0.320 e. The van der Waals surface area contributed by atoms with E-state index in [1.54, 1.807) is 0 Å². The van der Waals surface area contributed by atoms with Crippen LogP contribution in [0.1, 0.15) is 31.9 Å². The van der Waals surface area contributed by atoms with Gasteiger partial charge in [-0.15, -0.1) is 0 Å². The Morgan fingerprint density at radius 3 is 2.17 bits per heavy atom. The van der Waals surface area contributed by atoms with Gasteiger partial charge in [-0.25, -0.2) is 4.72 Å². The van der Waals surface area contributed by atoms with Gasteiger partial charge in [-0.05, 0) is 65.0 Å². The molecule has 4 heteroatoms. The van der Waals surface area contributed by atoms with Crippen molar-refractivity contribution in [3.8, 4) is 11.8 Å². The van der Waals surface area contributed by atoms with Gasteiger partial charge in [-0.1, -0.05) is 62.9 Å². The number of hydrogen-bond donors (Lipinski definition) is 1. The molecule has 3 rings (SSSR count). The van der Waals surface area contributed by atoms with Crippen molar-refractivity contribution in [2.24, 2.45) is 5.92 Å². The zero-order valence-corrected chi connectivity index (χ0v) is 18.2. The fraction of sp³-hybridized carbons (Fsp3) is 0.240. The monoisotopic (exact) mass is 405 g/mol. The minimum Gasteiger partial charge on any atom is -0.468 e. The highest BCUT2D eigenvalue weighted by Crippen LogP contribution is 2.16. The first-order valence-electron chi connectivity index (χ1n) is 9.55. The Morgan fingerprint density at radius 2 is 1.52 bits per heavy atom. The molecule has 0 saturated carbocycles. The number of carbonyl (C=O) groups excluding carboxylic acids is 1. The highest BCUT2D eigenvalue weighted by atomic mass is 32.2. The van der Waals surface area contributed by atoms with Crippen molar-refractivity contribution < 1.29 is 9.53 Å². The van der Waals surface area contributed by atoms with E-state index < -0.39 is 0 Å². The van der Waals surface area contributed by atoms with Gasteiger partial charge in [-0.3, -0.25) is 4.79 Å². The topological polar surface area (TPSA) is 38.3 Å². The molecule has 0 atom stereocenters. The Balaban J connectivity index is 0.000000687. The van der Waals surface area contributed by atoms with Crippen molar-refractivity contribution in [2.75, 3.05) is 13.7 Å². The molecule has 0 spiro atoms. The first-order chi connectivity index (χ1) is 14.0. The van der Waals surface area contributed by atoms with E-state index in [1.165, 1.54) is 29.8 Å². The van der Waals surface area contributed by atoms with Crippen LogP contribution in [0.25, 0.3) is 10.8 Å². The standard InChI is InChI=1S/C21H17NO2S.C4H10/c1-24-21(23)15-22-25-20-12-9-16(10-13-20)6-7-17-8-11-18-4-2-3-5-19(18)14-17;1-4(2)3/h2-5,8-14,22H,15H2,1H3;4H,1-3H3. The molecule has 3 aromatic rings. The molecule has 0 aliphatic heterocycles. The number of nitrogens with one attached hydrogen (secondary N) is 1. The fourth-order valence-electron chi connectivity index (χ4n) is 2.27. The molecule has 0 saturated heterocycles. The number of carbonyl (C=O) groups is 1. The summed E-state index contributed by atoms with van der Waals surface area (Å²) >= 11 is 1.39. The summed E-state index contributed by atoms with van der Waals surface area (Å²) in [4.78, 5) is 12.1. The molecule has 0 aliphatic rings. The summed E-state index contributed by atoms with van der Waals surface area (Å²) in [5.41, 5.74) is 1.95. The summed E-state index contributed by atoms with van der Waals surface area (Å²) in [7, 11) is 1.37. The van der Waals surface area contributed by atoms with Gasteiger partial charge in [0, 0.05) is 16.0 Å². The summed E-state index contributed by atoms with van der Waals surface area (Å²) in [5, 5.41) is 2.41. The summed E-state index contributed by atoms with van der Waals surface area (Å²) in [5.74, 6) is 6.93. The van der Waals surface area contributed by atoms with Gasteiger partial charge < -0.3 is 4.74 Å². The van der Waals surface area contributed by atoms with Crippen LogP contribution in [0.2, 0.25) is 0 Å². The lowest BCUT2D eigenvalue weighted by Crippen LogP contribution is -2.17. The third kappa shape index (κ3) is 8.43. The first kappa shape index (κ1) is 22.5. The largest absolute Gasteiger partial charge is 0.468 e. The number of esters is 1. The van der Waals surface area contributed by atoms with Crippen molar-refractivity contribution in [1.82, 2.24) is 4.72 Å². The van der Waals surface area contributed by atoms with Crippen LogP contribution in [0, 0.1) is 17.8 Å². The number of hydrogen-bond acceptors (Lipinski definition) is 4. The molecule has 0 bridgehead atoms. The van der Waals surface area contributed by atoms with Gasteiger partial charge in [-0.2, -0.15) is 0 Å². The summed E-state index contributed by atoms with van der Waals surface area (Å²) in [6.07, 6.45) is 0. The van der Waals surface area contributed by atoms with E-state index in [2.05, 4.69) is 66.3 Å². The Kier molecular flexibility index (Phi) is 9.30. The number of fused-ring (bicyclic) bond motifs is 1. The fourth-order valence-corrected chi connectivity index (χ4v) is 2.90. The average molecular weight is 406 g/mol. The first-order valence-corrected chi connectivity index (χ1v) is 10.4. The van der Waals surface area contributed by atoms with Gasteiger partial charge in [0.05, 0.1) is 7.11 Å². The van der Waals surface area contributed by atoms with Crippen LogP contribution >= 0.6 is 11.9 Å². The maximum absolute atomic E-state index is 11.0. The van der Waals surface area contributed by atoms with Crippen molar-refractivity contribution in [3.05, 3.63) is 77.9 Å².